The monoisotopic (exact) mass is 532 g/mol. The fourth-order valence-corrected chi connectivity index (χ4v) is 5.50. The van der Waals surface area contributed by atoms with Gasteiger partial charge in [0.05, 0.1) is 28.5 Å². The SMILES string of the molecule is CCCC1=C(C(=O)OCC)[C@H](c2ccc(C(C)C)cc2)n2c(s/c(=C\c3ccccc3OC(C)=O)c2=O)=N1. The van der Waals surface area contributed by atoms with E-state index in [-0.39, 0.29) is 12.2 Å². The first-order chi connectivity index (χ1) is 18.2. The highest BCUT2D eigenvalue weighted by atomic mass is 32.1. The van der Waals surface area contributed by atoms with Crippen molar-refractivity contribution in [3.63, 3.8) is 0 Å². The molecule has 0 unspecified atom stereocenters. The van der Waals surface area contributed by atoms with Crippen LogP contribution in [-0.4, -0.2) is 23.1 Å². The molecule has 38 heavy (non-hydrogen) atoms. The Morgan fingerprint density at radius 1 is 1.11 bits per heavy atom. The van der Waals surface area contributed by atoms with Crippen LogP contribution in [0.2, 0.25) is 0 Å². The summed E-state index contributed by atoms with van der Waals surface area (Å²) in [5.74, 6) is -0.197. The lowest BCUT2D eigenvalue weighted by atomic mass is 9.92. The second-order valence-electron chi connectivity index (χ2n) is 9.37. The molecule has 1 atom stereocenters. The molecular formula is C30H32N2O5S. The van der Waals surface area contributed by atoms with Crippen molar-refractivity contribution in [1.29, 1.82) is 0 Å². The first-order valence-corrected chi connectivity index (χ1v) is 13.7. The average molecular weight is 533 g/mol. The molecule has 8 heteroatoms. The summed E-state index contributed by atoms with van der Waals surface area (Å²) in [6, 6.07) is 14.4. The smallest absolute Gasteiger partial charge is 0.338 e. The number of ether oxygens (including phenoxy) is 2. The van der Waals surface area contributed by atoms with Crippen LogP contribution in [0.15, 0.2) is 69.6 Å². The predicted octanol–water partition coefficient (Wildman–Crippen LogP) is 4.63. The number of carbonyl (C=O) groups is 2. The maximum atomic E-state index is 13.9. The molecule has 3 aromatic rings. The average Bonchev–Trinajstić information content (AvgIpc) is 3.19. The molecule has 0 spiro atoms. The molecule has 1 aromatic heterocycles. The number of benzene rings is 2. The number of fused-ring (bicyclic) bond motifs is 1. The fourth-order valence-electron chi connectivity index (χ4n) is 4.49. The molecule has 2 aromatic carbocycles. The summed E-state index contributed by atoms with van der Waals surface area (Å²) in [6.07, 6.45) is 3.06. The Bertz CT molecular complexity index is 1560. The Kier molecular flexibility index (Phi) is 8.42. The number of rotatable bonds is 8. The number of hydrogen-bond acceptors (Lipinski definition) is 7. The van der Waals surface area contributed by atoms with E-state index in [2.05, 4.69) is 13.8 Å². The predicted molar refractivity (Wildman–Crippen MR) is 148 cm³/mol. The summed E-state index contributed by atoms with van der Waals surface area (Å²) in [7, 11) is 0. The van der Waals surface area contributed by atoms with Crippen molar-refractivity contribution >= 4 is 29.4 Å². The number of thiazole rings is 1. The summed E-state index contributed by atoms with van der Waals surface area (Å²) in [6.45, 7) is 9.59. The van der Waals surface area contributed by atoms with E-state index in [4.69, 9.17) is 14.5 Å². The standard InChI is InChI=1S/C30H32N2O5S/c1-6-10-23-26(29(35)36-7-2)27(21-15-13-20(14-16-21)18(3)4)32-28(34)25(38-30(32)31-23)17-22-11-8-9-12-24(22)37-19(5)33/h8-9,11-18,27H,6-7,10H2,1-5H3/b25-17-/t27-/m0/s1. The summed E-state index contributed by atoms with van der Waals surface area (Å²) in [4.78, 5) is 44.1. The lowest BCUT2D eigenvalue weighted by Gasteiger charge is -2.26. The molecule has 1 aliphatic rings. The second-order valence-corrected chi connectivity index (χ2v) is 10.4. The van der Waals surface area contributed by atoms with Gasteiger partial charge in [0, 0.05) is 12.5 Å². The molecule has 0 bridgehead atoms. The summed E-state index contributed by atoms with van der Waals surface area (Å²) >= 11 is 1.25. The first-order valence-electron chi connectivity index (χ1n) is 12.8. The van der Waals surface area contributed by atoms with Crippen molar-refractivity contribution in [2.75, 3.05) is 6.61 Å². The van der Waals surface area contributed by atoms with Gasteiger partial charge in [-0.05, 0) is 42.5 Å². The van der Waals surface area contributed by atoms with Crippen molar-refractivity contribution < 1.29 is 19.1 Å². The zero-order valence-electron chi connectivity index (χ0n) is 22.3. The van der Waals surface area contributed by atoms with E-state index in [0.29, 0.717) is 44.3 Å². The molecule has 7 nitrogen and oxygen atoms in total. The summed E-state index contributed by atoms with van der Waals surface area (Å²) < 4.78 is 12.8. The highest BCUT2D eigenvalue weighted by Crippen LogP contribution is 2.33. The molecule has 198 valence electrons. The highest BCUT2D eigenvalue weighted by molar-refractivity contribution is 7.07. The number of carbonyl (C=O) groups excluding carboxylic acids is 2. The maximum Gasteiger partial charge on any atom is 0.338 e. The van der Waals surface area contributed by atoms with E-state index in [1.807, 2.05) is 37.3 Å². The van der Waals surface area contributed by atoms with E-state index in [9.17, 15) is 14.4 Å². The lowest BCUT2D eigenvalue weighted by Crippen LogP contribution is -2.40. The second kappa shape index (κ2) is 11.7. The van der Waals surface area contributed by atoms with Gasteiger partial charge in [-0.25, -0.2) is 9.79 Å². The molecule has 0 saturated carbocycles. The normalized spacial score (nSPS) is 15.3. The molecule has 4 rings (SSSR count). The van der Waals surface area contributed by atoms with Crippen LogP contribution in [0.5, 0.6) is 5.75 Å². The minimum Gasteiger partial charge on any atom is -0.463 e. The Morgan fingerprint density at radius 3 is 2.45 bits per heavy atom. The third-order valence-electron chi connectivity index (χ3n) is 6.27. The van der Waals surface area contributed by atoms with Gasteiger partial charge in [0.1, 0.15) is 5.75 Å². The Morgan fingerprint density at radius 2 is 1.82 bits per heavy atom. The van der Waals surface area contributed by atoms with Crippen molar-refractivity contribution in [3.05, 3.63) is 96.2 Å². The van der Waals surface area contributed by atoms with Crippen LogP contribution >= 0.6 is 11.3 Å². The Hall–Kier alpha value is -3.78. The maximum absolute atomic E-state index is 13.9. The van der Waals surface area contributed by atoms with Crippen LogP contribution in [0.3, 0.4) is 0 Å². The van der Waals surface area contributed by atoms with Crippen LogP contribution in [0.25, 0.3) is 6.08 Å². The Balaban J connectivity index is 1.97. The number of aromatic nitrogens is 1. The van der Waals surface area contributed by atoms with Crippen LogP contribution < -0.4 is 19.6 Å². The summed E-state index contributed by atoms with van der Waals surface area (Å²) in [5.41, 5.74) is 3.33. The lowest BCUT2D eigenvalue weighted by molar-refractivity contribution is -0.139. The topological polar surface area (TPSA) is 87.0 Å². The van der Waals surface area contributed by atoms with Crippen molar-refractivity contribution in [2.24, 2.45) is 4.99 Å². The van der Waals surface area contributed by atoms with E-state index in [1.165, 1.54) is 23.8 Å². The Labute approximate surface area is 225 Å². The van der Waals surface area contributed by atoms with E-state index in [1.54, 1.807) is 35.8 Å². The van der Waals surface area contributed by atoms with E-state index in [0.717, 1.165) is 12.0 Å². The molecule has 1 aliphatic heterocycles. The van der Waals surface area contributed by atoms with Gasteiger partial charge in [0.15, 0.2) is 4.80 Å². The third-order valence-corrected chi connectivity index (χ3v) is 7.25. The third kappa shape index (κ3) is 5.55. The molecule has 0 radical (unpaired) electrons. The van der Waals surface area contributed by atoms with Gasteiger partial charge in [-0.2, -0.15) is 0 Å². The highest BCUT2D eigenvalue weighted by Gasteiger charge is 2.34. The fraction of sp³-hybridized carbons (Fsp3) is 0.333. The molecular weight excluding hydrogens is 500 g/mol. The molecule has 0 saturated heterocycles. The number of para-hydroxylation sites is 1. The van der Waals surface area contributed by atoms with Crippen LogP contribution in [0.4, 0.5) is 0 Å². The molecule has 0 N–H and O–H groups in total. The number of nitrogens with zero attached hydrogens (tertiary/aromatic N) is 2. The minimum absolute atomic E-state index is 0.220. The van der Waals surface area contributed by atoms with E-state index >= 15 is 0 Å². The van der Waals surface area contributed by atoms with Crippen LogP contribution in [0, 0.1) is 0 Å². The van der Waals surface area contributed by atoms with Gasteiger partial charge in [0.2, 0.25) is 0 Å². The van der Waals surface area contributed by atoms with Gasteiger partial charge in [-0.15, -0.1) is 0 Å². The van der Waals surface area contributed by atoms with E-state index < -0.39 is 18.0 Å². The number of hydrogen-bond donors (Lipinski definition) is 0. The first kappa shape index (κ1) is 27.3. The minimum atomic E-state index is -0.668. The van der Waals surface area contributed by atoms with Gasteiger partial charge < -0.3 is 9.47 Å². The van der Waals surface area contributed by atoms with Gasteiger partial charge >= 0.3 is 11.9 Å². The number of allylic oxidation sites excluding steroid dienone is 1. The van der Waals surface area contributed by atoms with Gasteiger partial charge in [-0.1, -0.05) is 81.0 Å². The molecule has 0 fully saturated rings. The number of esters is 2. The van der Waals surface area contributed by atoms with Crippen molar-refractivity contribution in [2.45, 2.75) is 59.4 Å². The molecule has 0 amide bonds. The zero-order valence-corrected chi connectivity index (χ0v) is 23.1. The summed E-state index contributed by atoms with van der Waals surface area (Å²) in [5, 5.41) is 0. The van der Waals surface area contributed by atoms with Gasteiger partial charge in [-0.3, -0.25) is 14.2 Å². The van der Waals surface area contributed by atoms with Crippen molar-refractivity contribution in [3.8, 4) is 5.75 Å². The molecule has 0 aliphatic carbocycles. The van der Waals surface area contributed by atoms with Crippen molar-refractivity contribution in [1.82, 2.24) is 4.57 Å². The quantitative estimate of drug-likeness (QED) is 0.312. The van der Waals surface area contributed by atoms with Crippen LogP contribution in [0.1, 0.15) is 76.1 Å². The largest absolute Gasteiger partial charge is 0.463 e. The zero-order chi connectivity index (χ0) is 27.4. The van der Waals surface area contributed by atoms with Gasteiger partial charge in [0.25, 0.3) is 5.56 Å². The van der Waals surface area contributed by atoms with Crippen LogP contribution in [-0.2, 0) is 14.3 Å². The molecule has 2 heterocycles.